The maximum atomic E-state index is 12.9. The Hall–Kier alpha value is -1.06. The van der Waals surface area contributed by atoms with Gasteiger partial charge in [-0.1, -0.05) is 50.1 Å². The molecule has 2 N–H and O–H groups in total. The lowest BCUT2D eigenvalue weighted by atomic mass is 9.87. The van der Waals surface area contributed by atoms with Gasteiger partial charge in [-0.05, 0) is 30.9 Å². The molecule has 1 aromatic rings. The van der Waals surface area contributed by atoms with Crippen LogP contribution in [-0.2, 0) is 4.79 Å². The average Bonchev–Trinajstić information content (AvgIpc) is 3.14. The zero-order valence-corrected chi connectivity index (χ0v) is 14.1. The first-order chi connectivity index (χ1) is 10.1. The number of benzene rings is 1. The topological polar surface area (TPSA) is 46.3 Å². The molecule has 122 valence electrons. The lowest BCUT2D eigenvalue weighted by Crippen LogP contribution is -2.40. The van der Waals surface area contributed by atoms with Crippen molar-refractivity contribution in [3.05, 3.63) is 35.9 Å². The Bertz CT molecular complexity index is 499. The predicted octanol–water partition coefficient (Wildman–Crippen LogP) is 3.19. The minimum atomic E-state index is -0.120. The molecule has 4 heteroatoms. The molecule has 0 radical (unpaired) electrons. The van der Waals surface area contributed by atoms with Crippen molar-refractivity contribution in [3.63, 3.8) is 0 Å². The summed E-state index contributed by atoms with van der Waals surface area (Å²) < 4.78 is 0. The Kier molecular flexibility index (Phi) is 5.51. The third-order valence-corrected chi connectivity index (χ3v) is 5.48. The van der Waals surface area contributed by atoms with E-state index in [1.165, 1.54) is 18.4 Å². The Morgan fingerprint density at radius 1 is 1.23 bits per heavy atom. The molecule has 3 nitrogen and oxygen atoms in total. The SMILES string of the molecule is CC1(C(=O)N2C[C@@H](CN)[C@H](c3ccccc3)C2)CCCC1.Cl. The largest absolute Gasteiger partial charge is 0.341 e. The fourth-order valence-electron chi connectivity index (χ4n) is 4.10. The second-order valence-corrected chi connectivity index (χ2v) is 6.99. The highest BCUT2D eigenvalue weighted by Gasteiger charge is 2.43. The van der Waals surface area contributed by atoms with Gasteiger partial charge in [-0.2, -0.15) is 0 Å². The van der Waals surface area contributed by atoms with Gasteiger partial charge in [0.25, 0.3) is 0 Å². The first-order valence-corrected chi connectivity index (χ1v) is 8.18. The Labute approximate surface area is 139 Å². The molecule has 1 heterocycles. The van der Waals surface area contributed by atoms with Crippen molar-refractivity contribution in [2.24, 2.45) is 17.1 Å². The number of hydrogen-bond acceptors (Lipinski definition) is 2. The van der Waals surface area contributed by atoms with E-state index in [4.69, 9.17) is 5.73 Å². The van der Waals surface area contributed by atoms with Crippen LogP contribution in [-0.4, -0.2) is 30.4 Å². The number of carbonyl (C=O) groups is 1. The number of rotatable bonds is 3. The second kappa shape index (κ2) is 7.01. The smallest absolute Gasteiger partial charge is 0.228 e. The van der Waals surface area contributed by atoms with E-state index in [9.17, 15) is 4.79 Å². The number of nitrogens with zero attached hydrogens (tertiary/aromatic N) is 1. The van der Waals surface area contributed by atoms with E-state index < -0.39 is 0 Å². The van der Waals surface area contributed by atoms with E-state index >= 15 is 0 Å². The van der Waals surface area contributed by atoms with E-state index in [-0.39, 0.29) is 17.8 Å². The summed E-state index contributed by atoms with van der Waals surface area (Å²) in [5.41, 5.74) is 7.17. The summed E-state index contributed by atoms with van der Waals surface area (Å²) in [6.45, 7) is 4.46. The number of halogens is 1. The van der Waals surface area contributed by atoms with Gasteiger partial charge in [0.15, 0.2) is 0 Å². The fourth-order valence-corrected chi connectivity index (χ4v) is 4.10. The van der Waals surface area contributed by atoms with E-state index in [1.54, 1.807) is 0 Å². The van der Waals surface area contributed by atoms with Gasteiger partial charge in [0.05, 0.1) is 0 Å². The summed E-state index contributed by atoms with van der Waals surface area (Å²) in [7, 11) is 0. The van der Waals surface area contributed by atoms with Gasteiger partial charge in [-0.25, -0.2) is 0 Å². The molecular weight excluding hydrogens is 296 g/mol. The van der Waals surface area contributed by atoms with Gasteiger partial charge in [-0.3, -0.25) is 4.79 Å². The third-order valence-electron chi connectivity index (χ3n) is 5.48. The molecule has 1 saturated heterocycles. The first kappa shape index (κ1) is 17.3. The monoisotopic (exact) mass is 322 g/mol. The number of amides is 1. The standard InChI is InChI=1S/C18H26N2O.ClH/c1-18(9-5-6-10-18)17(21)20-12-15(11-19)16(13-20)14-7-3-2-4-8-14;/h2-4,7-8,15-16H,5-6,9-13,19H2,1H3;1H/t15-,16+;/m1./s1. The number of nitrogens with two attached hydrogens (primary N) is 1. The molecule has 0 aromatic heterocycles. The van der Waals surface area contributed by atoms with Crippen LogP contribution in [0.1, 0.15) is 44.1 Å². The van der Waals surface area contributed by atoms with Crippen molar-refractivity contribution in [2.75, 3.05) is 19.6 Å². The summed E-state index contributed by atoms with van der Waals surface area (Å²) in [6.07, 6.45) is 4.48. The molecule has 2 aliphatic rings. The van der Waals surface area contributed by atoms with E-state index in [1.807, 2.05) is 6.07 Å². The minimum absolute atomic E-state index is 0. The summed E-state index contributed by atoms with van der Waals surface area (Å²) in [5, 5.41) is 0. The first-order valence-electron chi connectivity index (χ1n) is 8.18. The van der Waals surface area contributed by atoms with E-state index in [2.05, 4.69) is 36.1 Å². The third kappa shape index (κ3) is 3.16. The number of carbonyl (C=O) groups excluding carboxylic acids is 1. The van der Waals surface area contributed by atoms with Crippen LogP contribution in [0.3, 0.4) is 0 Å². The molecule has 1 aliphatic heterocycles. The van der Waals surface area contributed by atoms with Gasteiger partial charge in [-0.15, -0.1) is 12.4 Å². The molecule has 3 rings (SSSR count). The Morgan fingerprint density at radius 2 is 1.86 bits per heavy atom. The molecule has 2 fully saturated rings. The normalized spacial score (nSPS) is 26.7. The van der Waals surface area contributed by atoms with Gasteiger partial charge < -0.3 is 10.6 Å². The zero-order valence-electron chi connectivity index (χ0n) is 13.3. The number of likely N-dealkylation sites (tertiary alicyclic amines) is 1. The summed E-state index contributed by atoms with van der Waals surface area (Å²) in [5.74, 6) is 1.14. The molecule has 1 aliphatic carbocycles. The van der Waals surface area contributed by atoms with Crippen molar-refractivity contribution < 1.29 is 4.79 Å². The zero-order chi connectivity index (χ0) is 14.9. The molecule has 1 aromatic carbocycles. The predicted molar refractivity (Wildman–Crippen MR) is 92.1 cm³/mol. The fraction of sp³-hybridized carbons (Fsp3) is 0.611. The van der Waals surface area contributed by atoms with Crippen LogP contribution in [0.2, 0.25) is 0 Å². The maximum Gasteiger partial charge on any atom is 0.228 e. The minimum Gasteiger partial charge on any atom is -0.341 e. The lowest BCUT2D eigenvalue weighted by Gasteiger charge is -2.29. The average molecular weight is 323 g/mol. The van der Waals surface area contributed by atoms with Crippen LogP contribution in [0.5, 0.6) is 0 Å². The van der Waals surface area contributed by atoms with Gasteiger partial charge in [0.1, 0.15) is 0 Å². The van der Waals surface area contributed by atoms with Crippen molar-refractivity contribution in [1.29, 1.82) is 0 Å². The Morgan fingerprint density at radius 3 is 2.45 bits per heavy atom. The highest BCUT2D eigenvalue weighted by atomic mass is 35.5. The highest BCUT2D eigenvalue weighted by Crippen LogP contribution is 2.41. The van der Waals surface area contributed by atoms with Crippen LogP contribution in [0, 0.1) is 11.3 Å². The van der Waals surface area contributed by atoms with Crippen molar-refractivity contribution in [2.45, 2.75) is 38.5 Å². The summed E-state index contributed by atoms with van der Waals surface area (Å²) >= 11 is 0. The summed E-state index contributed by atoms with van der Waals surface area (Å²) in [4.78, 5) is 15.0. The van der Waals surface area contributed by atoms with E-state index in [0.29, 0.717) is 24.3 Å². The van der Waals surface area contributed by atoms with Crippen LogP contribution in [0.25, 0.3) is 0 Å². The van der Waals surface area contributed by atoms with Gasteiger partial charge in [0.2, 0.25) is 5.91 Å². The second-order valence-electron chi connectivity index (χ2n) is 6.99. The molecule has 22 heavy (non-hydrogen) atoms. The molecule has 1 amide bonds. The van der Waals surface area contributed by atoms with Crippen LogP contribution >= 0.6 is 12.4 Å². The maximum absolute atomic E-state index is 12.9. The van der Waals surface area contributed by atoms with Crippen LogP contribution < -0.4 is 5.73 Å². The lowest BCUT2D eigenvalue weighted by molar-refractivity contribution is -0.140. The van der Waals surface area contributed by atoms with E-state index in [0.717, 1.165) is 25.9 Å². The molecular formula is C18H27ClN2O. The molecule has 0 unspecified atom stereocenters. The van der Waals surface area contributed by atoms with Crippen molar-refractivity contribution in [1.82, 2.24) is 4.90 Å². The quantitative estimate of drug-likeness (QED) is 0.929. The number of hydrogen-bond donors (Lipinski definition) is 1. The molecule has 1 saturated carbocycles. The highest BCUT2D eigenvalue weighted by molar-refractivity contribution is 5.85. The van der Waals surface area contributed by atoms with Crippen molar-refractivity contribution >= 4 is 18.3 Å². The van der Waals surface area contributed by atoms with Crippen LogP contribution in [0.4, 0.5) is 0 Å². The van der Waals surface area contributed by atoms with Gasteiger partial charge in [0, 0.05) is 24.4 Å². The van der Waals surface area contributed by atoms with Gasteiger partial charge >= 0.3 is 0 Å². The molecule has 0 bridgehead atoms. The van der Waals surface area contributed by atoms with Crippen molar-refractivity contribution in [3.8, 4) is 0 Å². The summed E-state index contributed by atoms with van der Waals surface area (Å²) in [6, 6.07) is 10.5. The molecule has 2 atom stereocenters. The molecule has 0 spiro atoms. The Balaban J connectivity index is 0.00000176. The van der Waals surface area contributed by atoms with Crippen LogP contribution in [0.15, 0.2) is 30.3 Å².